The van der Waals surface area contributed by atoms with E-state index in [1.807, 2.05) is 0 Å². The molecule has 0 saturated heterocycles. The van der Waals surface area contributed by atoms with Crippen molar-refractivity contribution in [2.24, 2.45) is 0 Å². The molecule has 210 valence electrons. The average Bonchev–Trinajstić information content (AvgIpc) is 2.91. The normalized spacial score (nSPS) is 25.5. The first-order valence-electron chi connectivity index (χ1n) is 12.7. The van der Waals surface area contributed by atoms with E-state index in [2.05, 4.69) is 0 Å². The Morgan fingerprint density at radius 2 is 1.37 bits per heavy atom. The summed E-state index contributed by atoms with van der Waals surface area (Å²) in [4.78, 5) is 0. The minimum atomic E-state index is -1.92. The van der Waals surface area contributed by atoms with Crippen LogP contribution in [0, 0.1) is 0 Å². The zero-order valence-electron chi connectivity index (χ0n) is 21.1. The van der Waals surface area contributed by atoms with Gasteiger partial charge in [-0.1, -0.05) is 6.07 Å². The molecule has 7 rings (SSSR count). The predicted octanol–water partition coefficient (Wildman–Crippen LogP) is 3.09. The predicted molar refractivity (Wildman–Crippen MR) is 140 cm³/mol. The Balaban J connectivity index is 1.47. The number of fused-ring (bicyclic) bond motifs is 8. The lowest BCUT2D eigenvalue weighted by Gasteiger charge is -2.50. The summed E-state index contributed by atoms with van der Waals surface area (Å²) >= 11 is 0. The highest BCUT2D eigenvalue weighted by Gasteiger charge is 2.60. The van der Waals surface area contributed by atoms with Gasteiger partial charge in [-0.3, -0.25) is 0 Å². The molecule has 0 radical (unpaired) electrons. The number of phenolic OH excluding ortho intramolecular Hbond substituents is 6. The number of aromatic hydroxyl groups is 6. The van der Waals surface area contributed by atoms with Crippen molar-refractivity contribution in [3.63, 3.8) is 0 Å². The van der Waals surface area contributed by atoms with Gasteiger partial charge < -0.3 is 55.1 Å². The topological polar surface area (TPSA) is 190 Å². The first-order valence-corrected chi connectivity index (χ1v) is 12.7. The highest BCUT2D eigenvalue weighted by molar-refractivity contribution is 5.68. The van der Waals surface area contributed by atoms with Gasteiger partial charge in [-0.05, 0) is 42.0 Å². The van der Waals surface area contributed by atoms with E-state index in [0.29, 0.717) is 11.1 Å². The fourth-order valence-electron chi connectivity index (χ4n) is 6.04. The van der Waals surface area contributed by atoms with Gasteiger partial charge in [0.1, 0.15) is 52.5 Å². The van der Waals surface area contributed by atoms with Gasteiger partial charge in [-0.15, -0.1) is 0 Å². The molecule has 2 bridgehead atoms. The summed E-state index contributed by atoms with van der Waals surface area (Å²) in [6.45, 7) is 0. The van der Waals surface area contributed by atoms with E-state index < -0.39 is 35.8 Å². The van der Waals surface area contributed by atoms with Crippen molar-refractivity contribution in [2.75, 3.05) is 0 Å². The van der Waals surface area contributed by atoms with Crippen LogP contribution in [0.2, 0.25) is 0 Å². The number of hydrogen-bond acceptors (Lipinski definition) is 11. The summed E-state index contributed by atoms with van der Waals surface area (Å²) in [6.07, 6.45) is -3.79. The number of ether oxygens (including phenoxy) is 3. The molecule has 5 atom stereocenters. The Hall–Kier alpha value is -5.00. The lowest BCUT2D eigenvalue weighted by molar-refractivity contribution is -0.219. The molecule has 0 amide bonds. The van der Waals surface area contributed by atoms with Crippen molar-refractivity contribution in [2.45, 2.75) is 36.4 Å². The monoisotopic (exact) mass is 560 g/mol. The summed E-state index contributed by atoms with van der Waals surface area (Å²) in [7, 11) is 0. The van der Waals surface area contributed by atoms with Crippen LogP contribution in [0.3, 0.4) is 0 Å². The Morgan fingerprint density at radius 1 is 0.659 bits per heavy atom. The quantitative estimate of drug-likeness (QED) is 0.168. The van der Waals surface area contributed by atoms with Gasteiger partial charge in [0.25, 0.3) is 0 Å². The van der Waals surface area contributed by atoms with Crippen LogP contribution in [0.15, 0.2) is 60.7 Å². The zero-order chi connectivity index (χ0) is 28.8. The van der Waals surface area contributed by atoms with Gasteiger partial charge in [0.05, 0.1) is 12.0 Å². The third-order valence-corrected chi connectivity index (χ3v) is 7.92. The van der Waals surface area contributed by atoms with Crippen LogP contribution in [0.25, 0.3) is 0 Å². The molecule has 41 heavy (non-hydrogen) atoms. The number of aliphatic hydroxyl groups is 2. The second kappa shape index (κ2) is 8.50. The lowest BCUT2D eigenvalue weighted by atomic mass is 9.74. The van der Waals surface area contributed by atoms with Crippen molar-refractivity contribution in [1.82, 2.24) is 0 Å². The molecule has 0 unspecified atom stereocenters. The third kappa shape index (κ3) is 3.52. The van der Waals surface area contributed by atoms with Crippen LogP contribution in [-0.4, -0.2) is 53.1 Å². The summed E-state index contributed by atoms with van der Waals surface area (Å²) < 4.78 is 18.8. The van der Waals surface area contributed by atoms with Gasteiger partial charge in [0.15, 0.2) is 11.5 Å². The van der Waals surface area contributed by atoms with Crippen LogP contribution in [0.5, 0.6) is 51.7 Å². The van der Waals surface area contributed by atoms with E-state index in [1.54, 1.807) is 0 Å². The minimum Gasteiger partial charge on any atom is -0.508 e. The average molecular weight is 561 g/mol. The molecule has 0 fully saturated rings. The van der Waals surface area contributed by atoms with Crippen LogP contribution in [-0.2, 0) is 12.2 Å². The summed E-state index contributed by atoms with van der Waals surface area (Å²) in [5, 5.41) is 84.8. The van der Waals surface area contributed by atoms with Crippen LogP contribution in [0.4, 0.5) is 0 Å². The largest absolute Gasteiger partial charge is 0.508 e. The number of rotatable bonds is 2. The Morgan fingerprint density at radius 3 is 2.07 bits per heavy atom. The van der Waals surface area contributed by atoms with E-state index in [1.165, 1.54) is 54.6 Å². The maximum absolute atomic E-state index is 11.9. The maximum atomic E-state index is 11.9. The first kappa shape index (κ1) is 25.0. The smallest absolute Gasteiger partial charge is 0.305 e. The number of hydrogen-bond donors (Lipinski definition) is 8. The molecular weight excluding hydrogens is 536 g/mol. The van der Waals surface area contributed by atoms with Gasteiger partial charge >= 0.3 is 5.79 Å². The second-order valence-electron chi connectivity index (χ2n) is 10.4. The van der Waals surface area contributed by atoms with E-state index in [0.717, 1.165) is 6.07 Å². The number of benzene rings is 4. The molecule has 4 aromatic carbocycles. The van der Waals surface area contributed by atoms with Crippen molar-refractivity contribution in [1.29, 1.82) is 0 Å². The van der Waals surface area contributed by atoms with Crippen molar-refractivity contribution < 1.29 is 55.1 Å². The van der Waals surface area contributed by atoms with E-state index in [4.69, 9.17) is 14.2 Å². The Bertz CT molecular complexity index is 1720. The molecule has 0 spiro atoms. The van der Waals surface area contributed by atoms with Crippen molar-refractivity contribution >= 4 is 0 Å². The minimum absolute atomic E-state index is 0.0224. The van der Waals surface area contributed by atoms with Gasteiger partial charge in [-0.2, -0.15) is 0 Å². The van der Waals surface area contributed by atoms with Gasteiger partial charge in [0.2, 0.25) is 0 Å². The SMILES string of the molecule is Oc1ccc([C@@]23Oc4cc(O)cc(O)c4[C@@H](c4c(cc(O)c5c4O[C@@H](c4ccc(O)c(O)c4)[C@@H](O)C5)O2)[C@@H]3O)cc1. The van der Waals surface area contributed by atoms with Crippen molar-refractivity contribution in [3.8, 4) is 51.7 Å². The molecule has 0 saturated carbocycles. The molecule has 3 aliphatic heterocycles. The standard InChI is InChI=1S/C30H24O11/c31-14-4-2-13(3-5-14)30-29(38)26(24-20(36)8-15(32)9-22(24)40-30)25-23(41-30)11-18(34)16-10-21(37)27(39-28(16)25)12-1-6-17(33)19(35)7-12/h1-9,11,21,26-27,29,31-38H,10H2/t21-,26-,27-,29-,30+/m0/s1. The Kier molecular flexibility index (Phi) is 5.18. The highest BCUT2D eigenvalue weighted by Crippen LogP contribution is 2.62. The van der Waals surface area contributed by atoms with Crippen LogP contribution >= 0.6 is 0 Å². The van der Waals surface area contributed by atoms with Gasteiger partial charge in [-0.25, -0.2) is 0 Å². The molecule has 11 nitrogen and oxygen atoms in total. The maximum Gasteiger partial charge on any atom is 0.305 e. The fraction of sp³-hybridized carbons (Fsp3) is 0.200. The lowest BCUT2D eigenvalue weighted by Crippen LogP contribution is -2.57. The molecule has 8 N–H and O–H groups in total. The number of aliphatic hydroxyl groups excluding tert-OH is 2. The molecule has 0 aromatic heterocycles. The van der Waals surface area contributed by atoms with Crippen molar-refractivity contribution in [3.05, 3.63) is 88.5 Å². The molecule has 3 heterocycles. The van der Waals surface area contributed by atoms with E-state index >= 15 is 0 Å². The molecule has 3 aliphatic rings. The van der Waals surface area contributed by atoms with E-state index in [-0.39, 0.29) is 69.1 Å². The molecule has 4 aromatic rings. The van der Waals surface area contributed by atoms with Crippen LogP contribution < -0.4 is 14.2 Å². The fourth-order valence-corrected chi connectivity index (χ4v) is 6.04. The summed E-state index contributed by atoms with van der Waals surface area (Å²) in [5.74, 6) is -4.54. The van der Waals surface area contributed by atoms with Crippen LogP contribution in [0.1, 0.15) is 39.8 Å². The Labute approximate surface area is 231 Å². The highest BCUT2D eigenvalue weighted by atomic mass is 16.7. The number of phenols is 6. The first-order chi connectivity index (χ1) is 19.6. The second-order valence-corrected chi connectivity index (χ2v) is 10.4. The summed E-state index contributed by atoms with van der Waals surface area (Å²) in [6, 6.07) is 13.4. The van der Waals surface area contributed by atoms with E-state index in [9.17, 15) is 40.9 Å². The molecule has 0 aliphatic carbocycles. The molecule has 11 heteroatoms. The third-order valence-electron chi connectivity index (χ3n) is 7.92. The van der Waals surface area contributed by atoms with Gasteiger partial charge in [0, 0.05) is 46.9 Å². The zero-order valence-corrected chi connectivity index (χ0v) is 21.1. The molecular formula is C30H24O11. The summed E-state index contributed by atoms with van der Waals surface area (Å²) in [5.41, 5.74) is 1.26.